The lowest BCUT2D eigenvalue weighted by molar-refractivity contribution is 0.219. The molecule has 6 nitrogen and oxygen atoms in total. The van der Waals surface area contributed by atoms with Crippen LogP contribution in [0.15, 0.2) is 53.0 Å². The van der Waals surface area contributed by atoms with Crippen LogP contribution in [0.2, 0.25) is 0 Å². The van der Waals surface area contributed by atoms with Crippen LogP contribution in [-0.4, -0.2) is 29.4 Å². The van der Waals surface area contributed by atoms with Crippen molar-refractivity contribution < 1.29 is 13.5 Å². The van der Waals surface area contributed by atoms with E-state index < -0.39 is 24.0 Å². The molecule has 0 spiro atoms. The van der Waals surface area contributed by atoms with Gasteiger partial charge in [-0.1, -0.05) is 6.07 Å². The third-order valence-electron chi connectivity index (χ3n) is 5.43. The molecular formula is C23H17F2N5O. The van der Waals surface area contributed by atoms with Crippen LogP contribution in [-0.2, 0) is 0 Å². The minimum atomic E-state index is -2.93. The highest BCUT2D eigenvalue weighted by molar-refractivity contribution is 6.00. The van der Waals surface area contributed by atoms with E-state index in [9.17, 15) is 19.3 Å². The number of alkyl halides is 2. The number of rotatable bonds is 4. The van der Waals surface area contributed by atoms with E-state index in [0.29, 0.717) is 22.4 Å². The monoisotopic (exact) mass is 417 g/mol. The molecule has 3 aromatic rings. The van der Waals surface area contributed by atoms with Crippen molar-refractivity contribution in [1.29, 1.82) is 10.5 Å². The maximum Gasteiger partial charge on any atom is 0.277 e. The predicted octanol–water partition coefficient (Wildman–Crippen LogP) is 4.76. The van der Waals surface area contributed by atoms with Crippen LogP contribution in [0.25, 0.3) is 16.6 Å². The third kappa shape index (κ3) is 3.43. The summed E-state index contributed by atoms with van der Waals surface area (Å²) in [5.74, 6) is -1.56. The zero-order valence-electron chi connectivity index (χ0n) is 16.7. The van der Waals surface area contributed by atoms with Crippen molar-refractivity contribution in [3.63, 3.8) is 0 Å². The van der Waals surface area contributed by atoms with E-state index in [0.717, 1.165) is 11.1 Å². The number of aliphatic imine (C=N–C) groups is 1. The van der Waals surface area contributed by atoms with Gasteiger partial charge in [0, 0.05) is 22.6 Å². The molecule has 4 rings (SSSR count). The van der Waals surface area contributed by atoms with Crippen LogP contribution in [0.3, 0.4) is 0 Å². The lowest BCUT2D eigenvalue weighted by Gasteiger charge is -2.29. The van der Waals surface area contributed by atoms with Crippen molar-refractivity contribution >= 4 is 22.3 Å². The largest absolute Gasteiger partial charge is 0.497 e. The number of aromatic nitrogens is 2. The average molecular weight is 417 g/mol. The fraction of sp³-hybridized carbons (Fsp3) is 0.217. The zero-order chi connectivity index (χ0) is 22.1. The average Bonchev–Trinajstić information content (AvgIpc) is 3.17. The molecule has 2 heterocycles. The third-order valence-corrected chi connectivity index (χ3v) is 5.43. The number of hydrogen-bond donors (Lipinski definition) is 1. The van der Waals surface area contributed by atoms with Crippen molar-refractivity contribution in [3.8, 4) is 17.9 Å². The normalized spacial score (nSPS) is 18.6. The molecule has 2 unspecified atom stereocenters. The van der Waals surface area contributed by atoms with Gasteiger partial charge in [0.15, 0.2) is 0 Å². The van der Waals surface area contributed by atoms with Crippen molar-refractivity contribution in [2.45, 2.75) is 19.3 Å². The van der Waals surface area contributed by atoms with Crippen LogP contribution >= 0.6 is 0 Å². The summed E-state index contributed by atoms with van der Waals surface area (Å²) < 4.78 is 33.0. The smallest absolute Gasteiger partial charge is 0.277 e. The molecule has 0 amide bonds. The molecule has 0 bridgehead atoms. The first kappa shape index (κ1) is 20.2. The van der Waals surface area contributed by atoms with E-state index >= 15 is 0 Å². The first-order valence-corrected chi connectivity index (χ1v) is 9.48. The molecule has 1 aromatic heterocycles. The number of benzene rings is 2. The number of ether oxygens (including phenoxy) is 1. The molecule has 0 saturated heterocycles. The SMILES string of the molecule is COc1ccc(C2=C(C#N)C(c3ccc4n[nH]c(C)c4c3)C(C#N)C(C(F)F)=N2)cc1. The van der Waals surface area contributed by atoms with E-state index in [1.54, 1.807) is 42.5 Å². The van der Waals surface area contributed by atoms with Gasteiger partial charge in [0.05, 0.1) is 36.0 Å². The number of allylic oxidation sites excluding steroid dienone is 1. The van der Waals surface area contributed by atoms with Gasteiger partial charge in [-0.2, -0.15) is 15.6 Å². The number of H-pyrrole nitrogens is 1. The first-order valence-electron chi connectivity index (χ1n) is 9.48. The highest BCUT2D eigenvalue weighted by Gasteiger charge is 2.40. The number of fused-ring (bicyclic) bond motifs is 1. The van der Waals surface area contributed by atoms with Gasteiger partial charge < -0.3 is 4.74 Å². The van der Waals surface area contributed by atoms with Crippen LogP contribution < -0.4 is 4.74 Å². The van der Waals surface area contributed by atoms with Crippen LogP contribution in [0.4, 0.5) is 8.78 Å². The minimum Gasteiger partial charge on any atom is -0.497 e. The van der Waals surface area contributed by atoms with Gasteiger partial charge in [0.2, 0.25) is 0 Å². The van der Waals surface area contributed by atoms with Gasteiger partial charge in [-0.15, -0.1) is 0 Å². The maximum absolute atomic E-state index is 13.9. The number of aryl methyl sites for hydroxylation is 1. The molecule has 154 valence electrons. The van der Waals surface area contributed by atoms with E-state index in [2.05, 4.69) is 21.3 Å². The van der Waals surface area contributed by atoms with Gasteiger partial charge in [-0.25, -0.2) is 13.8 Å². The molecular weight excluding hydrogens is 400 g/mol. The topological polar surface area (TPSA) is 97.8 Å². The highest BCUT2D eigenvalue weighted by Crippen LogP contribution is 2.43. The highest BCUT2D eigenvalue weighted by atomic mass is 19.3. The van der Waals surface area contributed by atoms with Gasteiger partial charge in [-0.05, 0) is 48.9 Å². The minimum absolute atomic E-state index is 0.140. The number of hydrogen-bond acceptors (Lipinski definition) is 5. The van der Waals surface area contributed by atoms with Crippen LogP contribution in [0, 0.1) is 35.5 Å². The first-order chi connectivity index (χ1) is 15.0. The van der Waals surface area contributed by atoms with Gasteiger partial charge in [-0.3, -0.25) is 5.10 Å². The van der Waals surface area contributed by atoms with Crippen molar-refractivity contribution in [2.24, 2.45) is 10.9 Å². The lowest BCUT2D eigenvalue weighted by atomic mass is 9.75. The molecule has 1 aliphatic rings. The summed E-state index contributed by atoms with van der Waals surface area (Å²) in [4.78, 5) is 4.10. The fourth-order valence-electron chi connectivity index (χ4n) is 3.87. The Morgan fingerprint density at radius 1 is 1.13 bits per heavy atom. The summed E-state index contributed by atoms with van der Waals surface area (Å²) in [6.07, 6.45) is -2.93. The summed E-state index contributed by atoms with van der Waals surface area (Å²) in [6, 6.07) is 16.0. The summed E-state index contributed by atoms with van der Waals surface area (Å²) in [5, 5.41) is 27.6. The summed E-state index contributed by atoms with van der Waals surface area (Å²) in [5.41, 5.74) is 2.37. The lowest BCUT2D eigenvalue weighted by Crippen LogP contribution is -2.31. The Balaban J connectivity index is 1.96. The second-order valence-corrected chi connectivity index (χ2v) is 7.15. The molecule has 2 atom stereocenters. The number of nitrogens with zero attached hydrogens (tertiary/aromatic N) is 4. The second-order valence-electron chi connectivity index (χ2n) is 7.15. The van der Waals surface area contributed by atoms with Crippen molar-refractivity contribution in [2.75, 3.05) is 7.11 Å². The molecule has 1 N–H and O–H groups in total. The standard InChI is InChI=1S/C23H17F2N5O/c1-12-16-9-14(5-8-19(16)30-29-12)20-17(10-26)21(13-3-6-15(31-2)7-4-13)28-22(23(24)25)18(20)11-27/h3-9,18,20,23H,1-2H3,(H,29,30). The quantitative estimate of drug-likeness (QED) is 0.662. The van der Waals surface area contributed by atoms with E-state index in [-0.39, 0.29) is 11.3 Å². The predicted molar refractivity (Wildman–Crippen MR) is 112 cm³/mol. The fourth-order valence-corrected chi connectivity index (χ4v) is 3.87. The molecule has 8 heteroatoms. The molecule has 0 fully saturated rings. The number of nitrogens with one attached hydrogen (secondary N) is 1. The van der Waals surface area contributed by atoms with E-state index in [1.165, 1.54) is 7.11 Å². The molecule has 1 aliphatic heterocycles. The Kier molecular flexibility index (Phi) is 5.22. The van der Waals surface area contributed by atoms with Crippen molar-refractivity contribution in [1.82, 2.24) is 10.2 Å². The molecule has 31 heavy (non-hydrogen) atoms. The Bertz CT molecular complexity index is 1290. The Morgan fingerprint density at radius 2 is 1.87 bits per heavy atom. The van der Waals surface area contributed by atoms with Crippen molar-refractivity contribution in [3.05, 3.63) is 64.9 Å². The maximum atomic E-state index is 13.9. The summed E-state index contributed by atoms with van der Waals surface area (Å²) in [6.45, 7) is 1.84. The number of halogens is 2. The van der Waals surface area contributed by atoms with Crippen LogP contribution in [0.5, 0.6) is 5.75 Å². The second kappa shape index (κ2) is 8.00. The number of aromatic amines is 1. The number of nitriles is 2. The molecule has 0 aliphatic carbocycles. The zero-order valence-corrected chi connectivity index (χ0v) is 16.7. The van der Waals surface area contributed by atoms with Gasteiger partial charge >= 0.3 is 0 Å². The number of methoxy groups -OCH3 is 1. The van der Waals surface area contributed by atoms with Crippen LogP contribution in [0.1, 0.15) is 22.7 Å². The van der Waals surface area contributed by atoms with Gasteiger partial charge in [0.25, 0.3) is 6.43 Å². The van der Waals surface area contributed by atoms with Gasteiger partial charge in [0.1, 0.15) is 17.4 Å². The Morgan fingerprint density at radius 3 is 2.48 bits per heavy atom. The molecule has 0 saturated carbocycles. The Hall–Kier alpha value is -4.04. The summed E-state index contributed by atoms with van der Waals surface area (Å²) in [7, 11) is 1.52. The van der Waals surface area contributed by atoms with E-state index in [4.69, 9.17) is 4.74 Å². The molecule has 0 radical (unpaired) electrons. The Labute approximate surface area is 177 Å². The van der Waals surface area contributed by atoms with E-state index in [1.807, 2.05) is 13.0 Å². The summed E-state index contributed by atoms with van der Waals surface area (Å²) >= 11 is 0. The molecule has 2 aromatic carbocycles.